The topological polar surface area (TPSA) is 90.3 Å². The molecule has 1 unspecified atom stereocenters. The minimum absolute atomic E-state index is 0.0564. The number of aliphatic hydroxyl groups is 1. The molecule has 2 amide bonds. The summed E-state index contributed by atoms with van der Waals surface area (Å²) in [5, 5.41) is 20.6. The Bertz CT molecular complexity index is 882. The van der Waals surface area contributed by atoms with Crippen LogP contribution in [0.5, 0.6) is 0 Å². The first-order valence-electron chi connectivity index (χ1n) is 10.4. The molecule has 1 saturated heterocycles. The molecule has 1 fully saturated rings. The smallest absolute Gasteiger partial charge is 0.410 e. The summed E-state index contributed by atoms with van der Waals surface area (Å²) in [6.07, 6.45) is -2.72. The summed E-state index contributed by atoms with van der Waals surface area (Å²) in [5.41, 5.74) is 1.21. The molecule has 7 nitrogen and oxygen atoms in total. The molecule has 3 atom stereocenters. The van der Waals surface area contributed by atoms with E-state index in [1.54, 1.807) is 0 Å². The Balaban J connectivity index is 1.92. The summed E-state index contributed by atoms with van der Waals surface area (Å²) in [6, 6.07) is 17.4. The number of nitrogens with zero attached hydrogens (tertiary/aromatic N) is 2. The van der Waals surface area contributed by atoms with Crippen LogP contribution in [0, 0.1) is 5.41 Å². The third-order valence-electron chi connectivity index (χ3n) is 5.57. The van der Waals surface area contributed by atoms with Gasteiger partial charge in [0, 0.05) is 6.54 Å². The number of amides is 2. The molecule has 1 aliphatic rings. The Labute approximate surface area is 182 Å². The first kappa shape index (κ1) is 22.6. The molecule has 1 aliphatic heterocycles. The maximum Gasteiger partial charge on any atom is 0.410 e. The van der Waals surface area contributed by atoms with Crippen molar-refractivity contribution in [3.63, 3.8) is 0 Å². The van der Waals surface area contributed by atoms with Crippen molar-refractivity contribution in [1.82, 2.24) is 9.80 Å². The third kappa shape index (κ3) is 5.35. The van der Waals surface area contributed by atoms with E-state index in [-0.39, 0.29) is 19.7 Å². The largest absolute Gasteiger partial charge is 0.465 e. The molecule has 3 rings (SSSR count). The highest BCUT2D eigenvalue weighted by molar-refractivity contribution is 5.70. The lowest BCUT2D eigenvalue weighted by molar-refractivity contribution is 0.0186. The zero-order chi connectivity index (χ0) is 22.6. The first-order chi connectivity index (χ1) is 14.7. The van der Waals surface area contributed by atoms with E-state index in [0.29, 0.717) is 0 Å². The van der Waals surface area contributed by atoms with Gasteiger partial charge in [0.1, 0.15) is 6.61 Å². The molecule has 0 bridgehead atoms. The van der Waals surface area contributed by atoms with Gasteiger partial charge in [0.2, 0.25) is 0 Å². The second-order valence-corrected chi connectivity index (χ2v) is 8.96. The van der Waals surface area contributed by atoms with Crippen LogP contribution in [0.3, 0.4) is 0 Å². The molecule has 2 N–H and O–H groups in total. The number of rotatable bonds is 5. The van der Waals surface area contributed by atoms with Crippen molar-refractivity contribution in [2.24, 2.45) is 5.41 Å². The molecule has 0 aromatic heterocycles. The van der Waals surface area contributed by atoms with Crippen molar-refractivity contribution in [1.29, 1.82) is 0 Å². The number of hydrogen-bond acceptors (Lipinski definition) is 4. The SMILES string of the molecule is CC(C)(C)C1[C@H](N(Cc2ccccc2)C(=O)OCc2ccccc2)[C@@H](O)CN1C(=O)O. The highest BCUT2D eigenvalue weighted by atomic mass is 16.6. The van der Waals surface area contributed by atoms with Gasteiger partial charge in [0.25, 0.3) is 0 Å². The number of β-amino-alcohol motifs (C(OH)–C–C–N with tert-alkyl or cyclic N) is 1. The second-order valence-electron chi connectivity index (χ2n) is 8.96. The molecule has 2 aromatic carbocycles. The van der Waals surface area contributed by atoms with Gasteiger partial charge in [-0.15, -0.1) is 0 Å². The first-order valence-corrected chi connectivity index (χ1v) is 10.4. The van der Waals surface area contributed by atoms with Gasteiger partial charge in [0.15, 0.2) is 0 Å². The summed E-state index contributed by atoms with van der Waals surface area (Å²) in [6.45, 7) is 5.98. The number of ether oxygens (including phenoxy) is 1. The van der Waals surface area contributed by atoms with Gasteiger partial charge in [-0.3, -0.25) is 9.80 Å². The minimum Gasteiger partial charge on any atom is -0.465 e. The standard InChI is InChI=1S/C24H30N2O5/c1-24(2,3)21-20(19(27)15-26(21)22(28)29)25(14-17-10-6-4-7-11-17)23(30)31-16-18-12-8-5-9-13-18/h4-13,19-21,27H,14-16H2,1-3H3,(H,28,29)/t19-,20+,21?/m0/s1. The van der Waals surface area contributed by atoms with E-state index >= 15 is 0 Å². The maximum atomic E-state index is 13.2. The summed E-state index contributed by atoms with van der Waals surface area (Å²) in [7, 11) is 0. The Morgan fingerprint density at radius 2 is 1.58 bits per heavy atom. The lowest BCUT2D eigenvalue weighted by Crippen LogP contribution is -2.56. The van der Waals surface area contributed by atoms with E-state index in [0.717, 1.165) is 11.1 Å². The van der Waals surface area contributed by atoms with Crippen molar-refractivity contribution < 1.29 is 24.5 Å². The summed E-state index contributed by atoms with van der Waals surface area (Å²) in [4.78, 5) is 27.8. The van der Waals surface area contributed by atoms with Crippen LogP contribution in [0.1, 0.15) is 31.9 Å². The molecule has 0 aliphatic carbocycles. The fraction of sp³-hybridized carbons (Fsp3) is 0.417. The van der Waals surface area contributed by atoms with Crippen LogP contribution in [0.2, 0.25) is 0 Å². The lowest BCUT2D eigenvalue weighted by atomic mass is 9.81. The number of carbonyl (C=O) groups is 2. The van der Waals surface area contributed by atoms with Crippen LogP contribution < -0.4 is 0 Å². The summed E-state index contributed by atoms with van der Waals surface area (Å²) >= 11 is 0. The van der Waals surface area contributed by atoms with E-state index in [9.17, 15) is 19.8 Å². The van der Waals surface area contributed by atoms with Crippen LogP contribution in [-0.4, -0.2) is 56.9 Å². The average Bonchev–Trinajstić information content (AvgIpc) is 3.09. The van der Waals surface area contributed by atoms with Crippen molar-refractivity contribution in [2.45, 2.75) is 52.1 Å². The molecule has 0 saturated carbocycles. The average molecular weight is 427 g/mol. The number of likely N-dealkylation sites (tertiary alicyclic amines) is 1. The van der Waals surface area contributed by atoms with Gasteiger partial charge in [0.05, 0.1) is 24.7 Å². The van der Waals surface area contributed by atoms with Crippen molar-refractivity contribution >= 4 is 12.2 Å². The van der Waals surface area contributed by atoms with Gasteiger partial charge in [-0.25, -0.2) is 9.59 Å². The van der Waals surface area contributed by atoms with Crippen molar-refractivity contribution in [3.05, 3.63) is 71.8 Å². The maximum absolute atomic E-state index is 13.2. The van der Waals surface area contributed by atoms with Crippen LogP contribution in [0.15, 0.2) is 60.7 Å². The molecular formula is C24H30N2O5. The third-order valence-corrected chi connectivity index (χ3v) is 5.57. The summed E-state index contributed by atoms with van der Waals surface area (Å²) in [5.74, 6) is 0. The van der Waals surface area contributed by atoms with Gasteiger partial charge >= 0.3 is 12.2 Å². The molecule has 31 heavy (non-hydrogen) atoms. The number of carbonyl (C=O) groups excluding carboxylic acids is 1. The fourth-order valence-corrected chi connectivity index (χ4v) is 4.25. The van der Waals surface area contributed by atoms with Crippen molar-refractivity contribution in [2.75, 3.05) is 6.54 Å². The lowest BCUT2D eigenvalue weighted by Gasteiger charge is -2.41. The van der Waals surface area contributed by atoms with Gasteiger partial charge < -0.3 is 14.9 Å². The van der Waals surface area contributed by atoms with E-state index in [2.05, 4.69) is 0 Å². The van der Waals surface area contributed by atoms with E-state index < -0.39 is 35.8 Å². The Morgan fingerprint density at radius 1 is 1.03 bits per heavy atom. The van der Waals surface area contributed by atoms with Crippen LogP contribution in [-0.2, 0) is 17.9 Å². The number of aliphatic hydroxyl groups excluding tert-OH is 1. The predicted molar refractivity (Wildman–Crippen MR) is 116 cm³/mol. The molecular weight excluding hydrogens is 396 g/mol. The van der Waals surface area contributed by atoms with Crippen LogP contribution >= 0.6 is 0 Å². The minimum atomic E-state index is -1.11. The molecule has 1 heterocycles. The number of benzene rings is 2. The fourth-order valence-electron chi connectivity index (χ4n) is 4.25. The van der Waals surface area contributed by atoms with E-state index in [1.165, 1.54) is 9.80 Å². The van der Waals surface area contributed by atoms with Crippen molar-refractivity contribution in [3.8, 4) is 0 Å². The molecule has 7 heteroatoms. The normalized spacial score (nSPS) is 21.0. The number of carboxylic acid groups (broad SMARTS) is 1. The highest BCUT2D eigenvalue weighted by Gasteiger charge is 2.52. The summed E-state index contributed by atoms with van der Waals surface area (Å²) < 4.78 is 5.59. The Hall–Kier alpha value is -3.06. The van der Waals surface area contributed by atoms with E-state index in [1.807, 2.05) is 81.4 Å². The van der Waals surface area contributed by atoms with E-state index in [4.69, 9.17) is 4.74 Å². The Morgan fingerprint density at radius 3 is 2.10 bits per heavy atom. The number of hydrogen-bond donors (Lipinski definition) is 2. The predicted octanol–water partition coefficient (Wildman–Crippen LogP) is 3.96. The second kappa shape index (κ2) is 9.39. The Kier molecular flexibility index (Phi) is 6.85. The van der Waals surface area contributed by atoms with Gasteiger partial charge in [-0.2, -0.15) is 0 Å². The molecule has 166 valence electrons. The van der Waals surface area contributed by atoms with Gasteiger partial charge in [-0.05, 0) is 16.5 Å². The molecule has 2 aromatic rings. The zero-order valence-corrected chi connectivity index (χ0v) is 18.1. The quantitative estimate of drug-likeness (QED) is 0.755. The molecule has 0 spiro atoms. The van der Waals surface area contributed by atoms with Gasteiger partial charge in [-0.1, -0.05) is 81.4 Å². The zero-order valence-electron chi connectivity index (χ0n) is 18.1. The van der Waals surface area contributed by atoms with Crippen LogP contribution in [0.25, 0.3) is 0 Å². The van der Waals surface area contributed by atoms with Crippen LogP contribution in [0.4, 0.5) is 9.59 Å². The molecule has 0 radical (unpaired) electrons. The highest BCUT2D eigenvalue weighted by Crippen LogP contribution is 2.37. The monoisotopic (exact) mass is 426 g/mol.